The van der Waals surface area contributed by atoms with Crippen molar-refractivity contribution in [1.82, 2.24) is 0 Å². The highest BCUT2D eigenvalue weighted by Gasteiger charge is 2.12. The van der Waals surface area contributed by atoms with Gasteiger partial charge in [-0.25, -0.2) is 4.39 Å². The molecule has 3 heteroatoms. The Morgan fingerprint density at radius 3 is 2.68 bits per heavy atom. The summed E-state index contributed by atoms with van der Waals surface area (Å²) in [6.07, 6.45) is 0.893. The molecule has 2 rings (SSSR count). The number of rotatable bonds is 4. The number of hydrogen-bond donors (Lipinski definition) is 1. The summed E-state index contributed by atoms with van der Waals surface area (Å²) < 4.78 is 14.8. The molecule has 19 heavy (non-hydrogen) atoms. The third kappa shape index (κ3) is 3.57. The van der Waals surface area contributed by atoms with Gasteiger partial charge in [-0.1, -0.05) is 41.1 Å². The van der Waals surface area contributed by atoms with E-state index >= 15 is 0 Å². The van der Waals surface area contributed by atoms with Crippen molar-refractivity contribution in [3.8, 4) is 0 Å². The van der Waals surface area contributed by atoms with Gasteiger partial charge in [-0.2, -0.15) is 0 Å². The largest absolute Gasteiger partial charge is 0.376 e. The van der Waals surface area contributed by atoms with Gasteiger partial charge in [0.2, 0.25) is 0 Å². The van der Waals surface area contributed by atoms with Gasteiger partial charge in [-0.15, -0.1) is 0 Å². The quantitative estimate of drug-likeness (QED) is 0.788. The SMILES string of the molecule is CCC(Nc1cc(C)ccc1F)c1cccc(Br)c1. The van der Waals surface area contributed by atoms with Crippen LogP contribution in [0.2, 0.25) is 0 Å². The fourth-order valence-electron chi connectivity index (χ4n) is 2.08. The molecule has 1 nitrogen and oxygen atoms in total. The zero-order chi connectivity index (χ0) is 13.8. The van der Waals surface area contributed by atoms with Gasteiger partial charge < -0.3 is 5.32 Å². The van der Waals surface area contributed by atoms with Gasteiger partial charge in [0.25, 0.3) is 0 Å². The van der Waals surface area contributed by atoms with Crippen molar-refractivity contribution in [1.29, 1.82) is 0 Å². The van der Waals surface area contributed by atoms with E-state index in [0.29, 0.717) is 5.69 Å². The second kappa shape index (κ2) is 6.20. The summed E-state index contributed by atoms with van der Waals surface area (Å²) in [5.74, 6) is -0.209. The monoisotopic (exact) mass is 321 g/mol. The third-order valence-corrected chi connectivity index (χ3v) is 3.60. The number of halogens is 2. The first-order valence-electron chi connectivity index (χ1n) is 6.38. The minimum atomic E-state index is -0.209. The Balaban J connectivity index is 2.26. The van der Waals surface area contributed by atoms with Crippen molar-refractivity contribution < 1.29 is 4.39 Å². The van der Waals surface area contributed by atoms with Crippen LogP contribution in [0, 0.1) is 12.7 Å². The molecule has 100 valence electrons. The average Bonchev–Trinajstić information content (AvgIpc) is 2.39. The standard InChI is InChI=1S/C16H17BrFN/c1-3-15(12-5-4-6-13(17)10-12)19-16-9-11(2)7-8-14(16)18/h4-10,15,19H,3H2,1-2H3. The normalized spacial score (nSPS) is 12.2. The molecule has 1 atom stereocenters. The van der Waals surface area contributed by atoms with Gasteiger partial charge in [-0.05, 0) is 48.7 Å². The summed E-state index contributed by atoms with van der Waals surface area (Å²) >= 11 is 3.47. The van der Waals surface area contributed by atoms with Gasteiger partial charge >= 0.3 is 0 Å². The highest BCUT2D eigenvalue weighted by atomic mass is 79.9. The summed E-state index contributed by atoms with van der Waals surface area (Å²) in [4.78, 5) is 0. The van der Waals surface area contributed by atoms with Crippen LogP contribution in [0.5, 0.6) is 0 Å². The summed E-state index contributed by atoms with van der Waals surface area (Å²) in [7, 11) is 0. The van der Waals surface area contributed by atoms with E-state index in [-0.39, 0.29) is 11.9 Å². The van der Waals surface area contributed by atoms with E-state index in [1.807, 2.05) is 25.1 Å². The molecule has 0 spiro atoms. The Morgan fingerprint density at radius 1 is 1.21 bits per heavy atom. The first-order valence-corrected chi connectivity index (χ1v) is 7.17. The Kier molecular flexibility index (Phi) is 4.59. The number of hydrogen-bond acceptors (Lipinski definition) is 1. The molecule has 0 bridgehead atoms. The second-order valence-electron chi connectivity index (χ2n) is 4.64. The van der Waals surface area contributed by atoms with Crippen molar-refractivity contribution in [2.45, 2.75) is 26.3 Å². The molecule has 0 fully saturated rings. The van der Waals surface area contributed by atoms with Gasteiger partial charge in [-0.3, -0.25) is 0 Å². The molecule has 0 aliphatic heterocycles. The van der Waals surface area contributed by atoms with E-state index in [2.05, 4.69) is 40.3 Å². The van der Waals surface area contributed by atoms with Gasteiger partial charge in [0.1, 0.15) is 5.82 Å². The van der Waals surface area contributed by atoms with Crippen LogP contribution in [0.3, 0.4) is 0 Å². The van der Waals surface area contributed by atoms with Crippen molar-refractivity contribution in [2.24, 2.45) is 0 Å². The Hall–Kier alpha value is -1.35. The second-order valence-corrected chi connectivity index (χ2v) is 5.56. The fourth-order valence-corrected chi connectivity index (χ4v) is 2.50. The lowest BCUT2D eigenvalue weighted by molar-refractivity contribution is 0.623. The molecule has 0 heterocycles. The van der Waals surface area contributed by atoms with Crippen LogP contribution >= 0.6 is 15.9 Å². The van der Waals surface area contributed by atoms with Crippen LogP contribution in [-0.2, 0) is 0 Å². The van der Waals surface area contributed by atoms with E-state index in [4.69, 9.17) is 0 Å². The molecule has 0 radical (unpaired) electrons. The van der Waals surface area contributed by atoms with Gasteiger partial charge in [0.05, 0.1) is 11.7 Å². The van der Waals surface area contributed by atoms with Crippen LogP contribution in [0.25, 0.3) is 0 Å². The molecule has 2 aromatic rings. The predicted octanol–water partition coefficient (Wildman–Crippen LogP) is 5.46. The molecule has 1 N–H and O–H groups in total. The summed E-state index contributed by atoms with van der Waals surface area (Å²) in [5.41, 5.74) is 2.76. The van der Waals surface area contributed by atoms with Crippen LogP contribution in [0.15, 0.2) is 46.9 Å². The van der Waals surface area contributed by atoms with E-state index in [9.17, 15) is 4.39 Å². The van der Waals surface area contributed by atoms with Gasteiger partial charge in [0.15, 0.2) is 0 Å². The summed E-state index contributed by atoms with van der Waals surface area (Å²) in [6, 6.07) is 13.3. The van der Waals surface area contributed by atoms with Crippen LogP contribution < -0.4 is 5.32 Å². The molecule has 0 aromatic heterocycles. The van der Waals surface area contributed by atoms with E-state index in [0.717, 1.165) is 22.0 Å². The first kappa shape index (κ1) is 14.1. The maximum atomic E-state index is 13.8. The smallest absolute Gasteiger partial charge is 0.146 e. The van der Waals surface area contributed by atoms with E-state index < -0.39 is 0 Å². The number of nitrogens with one attached hydrogen (secondary N) is 1. The zero-order valence-electron chi connectivity index (χ0n) is 11.1. The first-order chi connectivity index (χ1) is 9.10. The molecule has 0 aliphatic rings. The molecule has 2 aromatic carbocycles. The highest BCUT2D eigenvalue weighted by molar-refractivity contribution is 9.10. The maximum Gasteiger partial charge on any atom is 0.146 e. The van der Waals surface area contributed by atoms with E-state index in [1.54, 1.807) is 6.07 Å². The van der Waals surface area contributed by atoms with Gasteiger partial charge in [0, 0.05) is 4.47 Å². The minimum absolute atomic E-state index is 0.105. The summed E-state index contributed by atoms with van der Waals surface area (Å²) in [5, 5.41) is 3.29. The molecule has 0 saturated carbocycles. The highest BCUT2D eigenvalue weighted by Crippen LogP contribution is 2.26. The molecular weight excluding hydrogens is 305 g/mol. The fraction of sp³-hybridized carbons (Fsp3) is 0.250. The molecule has 0 aliphatic carbocycles. The number of aryl methyl sites for hydroxylation is 1. The Bertz CT molecular complexity index is 568. The van der Waals surface area contributed by atoms with Crippen molar-refractivity contribution in [2.75, 3.05) is 5.32 Å². The van der Waals surface area contributed by atoms with Crippen molar-refractivity contribution >= 4 is 21.6 Å². The van der Waals surface area contributed by atoms with E-state index in [1.165, 1.54) is 6.07 Å². The maximum absolute atomic E-state index is 13.8. The minimum Gasteiger partial charge on any atom is -0.376 e. The lowest BCUT2D eigenvalue weighted by atomic mass is 10.0. The van der Waals surface area contributed by atoms with Crippen molar-refractivity contribution in [3.63, 3.8) is 0 Å². The summed E-state index contributed by atoms with van der Waals surface area (Å²) in [6.45, 7) is 4.05. The zero-order valence-corrected chi connectivity index (χ0v) is 12.7. The average molecular weight is 322 g/mol. The molecule has 1 unspecified atom stereocenters. The lowest BCUT2D eigenvalue weighted by Gasteiger charge is -2.20. The molecule has 0 amide bonds. The topological polar surface area (TPSA) is 12.0 Å². The molecular formula is C16H17BrFN. The Labute approximate surface area is 122 Å². The predicted molar refractivity (Wildman–Crippen MR) is 81.9 cm³/mol. The third-order valence-electron chi connectivity index (χ3n) is 3.11. The molecule has 0 saturated heterocycles. The van der Waals surface area contributed by atoms with Crippen molar-refractivity contribution in [3.05, 3.63) is 63.9 Å². The number of anilines is 1. The van der Waals surface area contributed by atoms with Crippen LogP contribution in [0.4, 0.5) is 10.1 Å². The lowest BCUT2D eigenvalue weighted by Crippen LogP contribution is -2.11. The van der Waals surface area contributed by atoms with Crippen LogP contribution in [0.1, 0.15) is 30.5 Å². The number of benzene rings is 2. The van der Waals surface area contributed by atoms with Crippen LogP contribution in [-0.4, -0.2) is 0 Å². The Morgan fingerprint density at radius 2 is 2.00 bits per heavy atom.